The van der Waals surface area contributed by atoms with Gasteiger partial charge in [0.2, 0.25) is 0 Å². The van der Waals surface area contributed by atoms with Gasteiger partial charge in [0, 0.05) is 0 Å². The first-order valence-electron chi connectivity index (χ1n) is 7.91. The van der Waals surface area contributed by atoms with Gasteiger partial charge >= 0.3 is 5.97 Å². The van der Waals surface area contributed by atoms with E-state index in [9.17, 15) is 4.79 Å². The Bertz CT molecular complexity index is 577. The standard InChI is InChI=1S/C18H23IO4/c1-4-13-10-14(19)17(15(11-13)21-5-2)22-12-16(20)23-18(3)8-6-7-9-18/h4,10-11H,1,5-9,12H2,2-3H3. The Labute approximate surface area is 151 Å². The molecule has 0 amide bonds. The van der Waals surface area contributed by atoms with Crippen molar-refractivity contribution in [3.63, 3.8) is 0 Å². The molecule has 2 rings (SSSR count). The summed E-state index contributed by atoms with van der Waals surface area (Å²) in [6.07, 6.45) is 5.83. The number of carbonyl (C=O) groups excluding carboxylic acids is 1. The van der Waals surface area contributed by atoms with E-state index in [0.29, 0.717) is 18.1 Å². The normalized spacial score (nSPS) is 16.0. The molecule has 1 aliphatic rings. The third-order valence-corrected chi connectivity index (χ3v) is 4.72. The smallest absolute Gasteiger partial charge is 0.344 e. The van der Waals surface area contributed by atoms with Crippen LogP contribution < -0.4 is 9.47 Å². The quantitative estimate of drug-likeness (QED) is 0.469. The number of benzene rings is 1. The van der Waals surface area contributed by atoms with Crippen LogP contribution in [0.3, 0.4) is 0 Å². The molecule has 5 heteroatoms. The molecule has 0 bridgehead atoms. The third-order valence-electron chi connectivity index (χ3n) is 3.92. The molecule has 126 valence electrons. The average Bonchev–Trinajstić information content (AvgIpc) is 2.92. The summed E-state index contributed by atoms with van der Waals surface area (Å²) in [6, 6.07) is 3.80. The highest BCUT2D eigenvalue weighted by Gasteiger charge is 2.32. The van der Waals surface area contributed by atoms with Crippen molar-refractivity contribution in [2.45, 2.75) is 45.1 Å². The number of ether oxygens (including phenoxy) is 3. The van der Waals surface area contributed by atoms with Crippen molar-refractivity contribution in [1.29, 1.82) is 0 Å². The highest BCUT2D eigenvalue weighted by molar-refractivity contribution is 14.1. The first-order valence-corrected chi connectivity index (χ1v) is 8.99. The fraction of sp³-hybridized carbons (Fsp3) is 0.500. The number of hydrogen-bond acceptors (Lipinski definition) is 4. The molecule has 0 aliphatic heterocycles. The van der Waals surface area contributed by atoms with Crippen molar-refractivity contribution < 1.29 is 19.0 Å². The van der Waals surface area contributed by atoms with Crippen LogP contribution in [0.25, 0.3) is 6.08 Å². The Balaban J connectivity index is 2.04. The van der Waals surface area contributed by atoms with E-state index in [-0.39, 0.29) is 18.2 Å². The van der Waals surface area contributed by atoms with Crippen LogP contribution >= 0.6 is 22.6 Å². The maximum Gasteiger partial charge on any atom is 0.344 e. The van der Waals surface area contributed by atoms with Gasteiger partial charge in [-0.2, -0.15) is 0 Å². The number of hydrogen-bond donors (Lipinski definition) is 0. The zero-order valence-corrected chi connectivity index (χ0v) is 15.9. The van der Waals surface area contributed by atoms with Crippen molar-refractivity contribution >= 4 is 34.6 Å². The van der Waals surface area contributed by atoms with E-state index in [1.165, 1.54) is 0 Å². The van der Waals surface area contributed by atoms with Crippen molar-refractivity contribution in [1.82, 2.24) is 0 Å². The topological polar surface area (TPSA) is 44.8 Å². The molecule has 0 aromatic heterocycles. The lowest BCUT2D eigenvalue weighted by Gasteiger charge is -2.24. The van der Waals surface area contributed by atoms with Gasteiger partial charge in [-0.15, -0.1) is 0 Å². The second kappa shape index (κ2) is 8.04. The van der Waals surface area contributed by atoms with Crippen LogP contribution in [0.5, 0.6) is 11.5 Å². The lowest BCUT2D eigenvalue weighted by atomic mass is 10.1. The minimum Gasteiger partial charge on any atom is -0.490 e. The molecule has 0 unspecified atom stereocenters. The van der Waals surface area contributed by atoms with Crippen molar-refractivity contribution in [3.05, 3.63) is 27.8 Å². The molecule has 1 aliphatic carbocycles. The Morgan fingerprint density at radius 2 is 2.04 bits per heavy atom. The summed E-state index contributed by atoms with van der Waals surface area (Å²) in [6.45, 7) is 8.08. The van der Waals surface area contributed by atoms with Gasteiger partial charge in [-0.05, 0) is 79.8 Å². The largest absolute Gasteiger partial charge is 0.490 e. The molecule has 1 saturated carbocycles. The van der Waals surface area contributed by atoms with E-state index in [1.807, 2.05) is 26.0 Å². The zero-order valence-electron chi connectivity index (χ0n) is 13.7. The first-order chi connectivity index (χ1) is 11.0. The van der Waals surface area contributed by atoms with Crippen molar-refractivity contribution in [2.24, 2.45) is 0 Å². The van der Waals surface area contributed by atoms with Crippen LogP contribution in [0.2, 0.25) is 0 Å². The molecule has 1 fully saturated rings. The van der Waals surface area contributed by atoms with E-state index in [4.69, 9.17) is 14.2 Å². The molecule has 0 radical (unpaired) electrons. The van der Waals surface area contributed by atoms with Crippen LogP contribution in [-0.2, 0) is 9.53 Å². The maximum atomic E-state index is 12.1. The molecule has 0 heterocycles. The molecule has 0 atom stereocenters. The minimum absolute atomic E-state index is 0.112. The van der Waals surface area contributed by atoms with E-state index in [0.717, 1.165) is 34.8 Å². The fourth-order valence-electron chi connectivity index (χ4n) is 2.77. The highest BCUT2D eigenvalue weighted by atomic mass is 127. The molecule has 1 aromatic carbocycles. The van der Waals surface area contributed by atoms with Gasteiger partial charge in [0.25, 0.3) is 0 Å². The van der Waals surface area contributed by atoms with Crippen LogP contribution in [-0.4, -0.2) is 24.8 Å². The molecule has 23 heavy (non-hydrogen) atoms. The monoisotopic (exact) mass is 430 g/mol. The molecule has 4 nitrogen and oxygen atoms in total. The van der Waals surface area contributed by atoms with Crippen molar-refractivity contribution in [2.75, 3.05) is 13.2 Å². The Kier molecular flexibility index (Phi) is 6.33. The SMILES string of the molecule is C=Cc1cc(I)c(OCC(=O)OC2(C)CCCC2)c(OCC)c1. The highest BCUT2D eigenvalue weighted by Crippen LogP contribution is 2.35. The number of carbonyl (C=O) groups is 1. The summed E-state index contributed by atoms with van der Waals surface area (Å²) in [5.41, 5.74) is 0.620. The second-order valence-corrected chi connectivity index (χ2v) is 7.05. The molecule has 0 spiro atoms. The molecular formula is C18H23IO4. The predicted octanol–water partition coefficient (Wildman–Crippen LogP) is 4.59. The predicted molar refractivity (Wildman–Crippen MR) is 98.9 cm³/mol. The van der Waals surface area contributed by atoms with E-state index < -0.39 is 0 Å². The van der Waals surface area contributed by atoms with Crippen LogP contribution in [0.15, 0.2) is 18.7 Å². The summed E-state index contributed by atoms with van der Waals surface area (Å²) in [7, 11) is 0. The first kappa shape index (κ1) is 18.1. The minimum atomic E-state index is -0.333. The Morgan fingerprint density at radius 3 is 2.65 bits per heavy atom. The zero-order chi connectivity index (χ0) is 16.9. The van der Waals surface area contributed by atoms with Crippen molar-refractivity contribution in [3.8, 4) is 11.5 Å². The van der Waals surface area contributed by atoms with Crippen LogP contribution in [0.1, 0.15) is 45.1 Å². The van der Waals surface area contributed by atoms with Crippen LogP contribution in [0.4, 0.5) is 0 Å². The van der Waals surface area contributed by atoms with Crippen LogP contribution in [0, 0.1) is 3.57 Å². The van der Waals surface area contributed by atoms with Gasteiger partial charge in [-0.3, -0.25) is 0 Å². The molecule has 1 aromatic rings. The van der Waals surface area contributed by atoms with Gasteiger partial charge in [-0.25, -0.2) is 4.79 Å². The average molecular weight is 430 g/mol. The summed E-state index contributed by atoms with van der Waals surface area (Å²) >= 11 is 2.17. The maximum absolute atomic E-state index is 12.1. The van der Waals surface area contributed by atoms with E-state index >= 15 is 0 Å². The van der Waals surface area contributed by atoms with Gasteiger partial charge in [0.1, 0.15) is 5.60 Å². The van der Waals surface area contributed by atoms with Gasteiger partial charge in [0.15, 0.2) is 18.1 Å². The lowest BCUT2D eigenvalue weighted by molar-refractivity contribution is -0.159. The van der Waals surface area contributed by atoms with Gasteiger partial charge in [-0.1, -0.05) is 12.7 Å². The second-order valence-electron chi connectivity index (χ2n) is 5.89. The third kappa shape index (κ3) is 4.86. The Hall–Kier alpha value is -1.24. The summed E-state index contributed by atoms with van der Waals surface area (Å²) in [5.74, 6) is 0.862. The Morgan fingerprint density at radius 1 is 1.35 bits per heavy atom. The van der Waals surface area contributed by atoms with Gasteiger partial charge < -0.3 is 14.2 Å². The summed E-state index contributed by atoms with van der Waals surface area (Å²) < 4.78 is 17.8. The number of esters is 1. The summed E-state index contributed by atoms with van der Waals surface area (Å²) in [5, 5.41) is 0. The molecule has 0 saturated heterocycles. The van der Waals surface area contributed by atoms with E-state index in [2.05, 4.69) is 29.2 Å². The van der Waals surface area contributed by atoms with Gasteiger partial charge in [0.05, 0.1) is 10.2 Å². The lowest BCUT2D eigenvalue weighted by Crippen LogP contribution is -2.30. The fourth-order valence-corrected chi connectivity index (χ4v) is 3.55. The molecule has 0 N–H and O–H groups in total. The number of rotatable bonds is 7. The molecular weight excluding hydrogens is 407 g/mol. The number of halogens is 1. The van der Waals surface area contributed by atoms with E-state index in [1.54, 1.807) is 6.08 Å². The summed E-state index contributed by atoms with van der Waals surface area (Å²) in [4.78, 5) is 12.1.